The molecule has 0 aromatic rings. The Kier molecular flexibility index (Phi) is 5.34. The first-order chi connectivity index (χ1) is 6.11. The van der Waals surface area contributed by atoms with E-state index in [4.69, 9.17) is 0 Å². The summed E-state index contributed by atoms with van der Waals surface area (Å²) in [5.41, 5.74) is 0.379. The van der Waals surface area contributed by atoms with E-state index < -0.39 is 12.1 Å². The second-order valence-electron chi connectivity index (χ2n) is 2.24. The Bertz CT molecular complexity index is 222. The first-order valence-electron chi connectivity index (χ1n) is 3.91. The lowest BCUT2D eigenvalue weighted by molar-refractivity contribution is -0.227. The zero-order valence-corrected chi connectivity index (χ0v) is 7.92. The molecule has 0 spiro atoms. The highest BCUT2D eigenvalue weighted by atomic mass is 17.2. The van der Waals surface area contributed by atoms with Crippen molar-refractivity contribution in [3.63, 3.8) is 0 Å². The van der Waals surface area contributed by atoms with Crippen LogP contribution in [0.3, 0.4) is 0 Å². The van der Waals surface area contributed by atoms with Gasteiger partial charge in [0.1, 0.15) is 0 Å². The van der Waals surface area contributed by atoms with Gasteiger partial charge < -0.3 is 5.32 Å². The highest BCUT2D eigenvalue weighted by Gasteiger charge is 2.09. The number of carbonyl (C=O) groups is 2. The number of nitrogens with one attached hydrogen (secondary N) is 1. The second kappa shape index (κ2) is 6.05. The van der Waals surface area contributed by atoms with Crippen molar-refractivity contribution in [2.45, 2.75) is 20.8 Å². The Morgan fingerprint density at radius 2 is 2.00 bits per heavy atom. The van der Waals surface area contributed by atoms with Crippen LogP contribution in [0.4, 0.5) is 4.79 Å². The zero-order valence-electron chi connectivity index (χ0n) is 7.92. The molecule has 0 rings (SSSR count). The van der Waals surface area contributed by atoms with Gasteiger partial charge in [0.05, 0.1) is 0 Å². The molecule has 1 N–H and O–H groups in total. The van der Waals surface area contributed by atoms with Crippen molar-refractivity contribution in [3.8, 4) is 0 Å². The van der Waals surface area contributed by atoms with E-state index in [0.29, 0.717) is 12.1 Å². The number of allylic oxidation sites excluding steroid dienone is 1. The van der Waals surface area contributed by atoms with Crippen LogP contribution in [0, 0.1) is 0 Å². The van der Waals surface area contributed by atoms with Crippen molar-refractivity contribution in [1.29, 1.82) is 0 Å². The minimum atomic E-state index is -0.778. The van der Waals surface area contributed by atoms with Gasteiger partial charge in [0.2, 0.25) is 0 Å². The zero-order chi connectivity index (χ0) is 10.3. The Balaban J connectivity index is 3.77. The first kappa shape index (κ1) is 11.5. The van der Waals surface area contributed by atoms with Crippen molar-refractivity contribution in [2.24, 2.45) is 0 Å². The third-order valence-electron chi connectivity index (χ3n) is 1.27. The van der Waals surface area contributed by atoms with E-state index in [1.165, 1.54) is 0 Å². The van der Waals surface area contributed by atoms with Crippen LogP contribution in [-0.4, -0.2) is 18.6 Å². The van der Waals surface area contributed by atoms with Crippen LogP contribution >= 0.6 is 0 Å². The fourth-order valence-corrected chi connectivity index (χ4v) is 0.433. The molecule has 0 saturated carbocycles. The lowest BCUT2D eigenvalue weighted by Crippen LogP contribution is -2.25. The number of hydrogen-bond acceptors (Lipinski definition) is 4. The highest BCUT2D eigenvalue weighted by molar-refractivity contribution is 5.87. The van der Waals surface area contributed by atoms with Crippen LogP contribution in [0.25, 0.3) is 0 Å². The van der Waals surface area contributed by atoms with Gasteiger partial charge in [-0.3, -0.25) is 0 Å². The minimum Gasteiger partial charge on any atom is -0.319 e. The van der Waals surface area contributed by atoms with Gasteiger partial charge in [0, 0.05) is 12.1 Å². The quantitative estimate of drug-likeness (QED) is 0.400. The molecule has 0 saturated heterocycles. The summed E-state index contributed by atoms with van der Waals surface area (Å²) in [6, 6.07) is 0. The fraction of sp³-hybridized carbons (Fsp3) is 0.500. The SMILES string of the molecule is CC=C(C)C(=O)OOC(=O)NCC. The maximum atomic E-state index is 10.9. The molecule has 0 aliphatic rings. The van der Waals surface area contributed by atoms with Gasteiger partial charge in [-0.2, -0.15) is 0 Å². The molecular weight excluding hydrogens is 174 g/mol. The van der Waals surface area contributed by atoms with Gasteiger partial charge in [-0.25, -0.2) is 19.4 Å². The summed E-state index contributed by atoms with van der Waals surface area (Å²) in [6.45, 7) is 5.38. The second-order valence-corrected chi connectivity index (χ2v) is 2.24. The van der Waals surface area contributed by atoms with Crippen LogP contribution in [0.5, 0.6) is 0 Å². The summed E-state index contributed by atoms with van der Waals surface area (Å²) in [6.07, 6.45) is 0.781. The van der Waals surface area contributed by atoms with E-state index in [9.17, 15) is 9.59 Å². The topological polar surface area (TPSA) is 64.6 Å². The molecule has 0 bridgehead atoms. The van der Waals surface area contributed by atoms with Gasteiger partial charge in [-0.1, -0.05) is 6.08 Å². The van der Waals surface area contributed by atoms with E-state index in [-0.39, 0.29) is 0 Å². The first-order valence-corrected chi connectivity index (χ1v) is 3.91. The fourth-order valence-electron chi connectivity index (χ4n) is 0.433. The smallest absolute Gasteiger partial charge is 0.319 e. The molecule has 74 valence electrons. The summed E-state index contributed by atoms with van der Waals surface area (Å²) in [7, 11) is 0. The monoisotopic (exact) mass is 187 g/mol. The van der Waals surface area contributed by atoms with Crippen LogP contribution in [-0.2, 0) is 14.6 Å². The van der Waals surface area contributed by atoms with Crippen LogP contribution in [0.2, 0.25) is 0 Å². The molecule has 0 aliphatic heterocycles. The number of carbonyl (C=O) groups excluding carboxylic acids is 2. The van der Waals surface area contributed by atoms with Crippen molar-refractivity contribution in [3.05, 3.63) is 11.6 Å². The van der Waals surface area contributed by atoms with Gasteiger partial charge >= 0.3 is 12.1 Å². The Labute approximate surface area is 76.6 Å². The van der Waals surface area contributed by atoms with E-state index >= 15 is 0 Å². The molecule has 0 heterocycles. The third kappa shape index (κ3) is 4.84. The molecule has 5 heteroatoms. The van der Waals surface area contributed by atoms with Crippen molar-refractivity contribution < 1.29 is 19.4 Å². The lowest BCUT2D eigenvalue weighted by atomic mass is 10.3. The van der Waals surface area contributed by atoms with Crippen LogP contribution < -0.4 is 5.32 Å². The van der Waals surface area contributed by atoms with Crippen LogP contribution in [0.15, 0.2) is 11.6 Å². The summed E-state index contributed by atoms with van der Waals surface area (Å²) in [5.74, 6) is -0.672. The average Bonchev–Trinajstić information content (AvgIpc) is 2.13. The van der Waals surface area contributed by atoms with E-state index in [0.717, 1.165) is 0 Å². The maximum absolute atomic E-state index is 10.9. The highest BCUT2D eigenvalue weighted by Crippen LogP contribution is 1.96. The molecule has 13 heavy (non-hydrogen) atoms. The van der Waals surface area contributed by atoms with E-state index in [2.05, 4.69) is 15.1 Å². The van der Waals surface area contributed by atoms with Gasteiger partial charge in [0.15, 0.2) is 0 Å². The largest absolute Gasteiger partial charge is 0.450 e. The normalized spacial score (nSPS) is 10.5. The Morgan fingerprint density at radius 1 is 1.38 bits per heavy atom. The van der Waals surface area contributed by atoms with Gasteiger partial charge in [-0.05, 0) is 20.8 Å². The molecule has 0 radical (unpaired) electrons. The molecule has 0 fully saturated rings. The summed E-state index contributed by atoms with van der Waals surface area (Å²) < 4.78 is 0. The molecule has 0 aliphatic carbocycles. The predicted molar refractivity (Wildman–Crippen MR) is 45.7 cm³/mol. The molecular formula is C8H13NO4. The van der Waals surface area contributed by atoms with Gasteiger partial charge in [-0.15, -0.1) is 0 Å². The van der Waals surface area contributed by atoms with Gasteiger partial charge in [0.25, 0.3) is 0 Å². The lowest BCUT2D eigenvalue weighted by Gasteiger charge is -2.02. The molecule has 1 amide bonds. The number of amides is 1. The summed E-state index contributed by atoms with van der Waals surface area (Å²) in [4.78, 5) is 29.8. The molecule has 5 nitrogen and oxygen atoms in total. The van der Waals surface area contributed by atoms with E-state index in [1.54, 1.807) is 26.8 Å². The molecule has 0 aromatic heterocycles. The van der Waals surface area contributed by atoms with E-state index in [1.807, 2.05) is 0 Å². The van der Waals surface area contributed by atoms with Crippen molar-refractivity contribution >= 4 is 12.1 Å². The summed E-state index contributed by atoms with van der Waals surface area (Å²) >= 11 is 0. The third-order valence-corrected chi connectivity index (χ3v) is 1.27. The molecule has 0 unspecified atom stereocenters. The number of hydrogen-bond donors (Lipinski definition) is 1. The molecule has 0 aromatic carbocycles. The van der Waals surface area contributed by atoms with Crippen molar-refractivity contribution in [2.75, 3.05) is 6.54 Å². The predicted octanol–water partition coefficient (Wildman–Crippen LogP) is 1.16. The Morgan fingerprint density at radius 3 is 2.46 bits per heavy atom. The van der Waals surface area contributed by atoms with Crippen LogP contribution in [0.1, 0.15) is 20.8 Å². The summed E-state index contributed by atoms with van der Waals surface area (Å²) in [5, 5.41) is 2.30. The maximum Gasteiger partial charge on any atom is 0.450 e. The molecule has 0 atom stereocenters. The standard InChI is InChI=1S/C8H13NO4/c1-4-6(3)7(10)12-13-8(11)9-5-2/h4H,5H2,1-3H3,(H,9,11). The average molecular weight is 187 g/mol. The van der Waals surface area contributed by atoms with Crippen molar-refractivity contribution in [1.82, 2.24) is 5.32 Å². The number of rotatable bonds is 2. The minimum absolute atomic E-state index is 0.379. The Hall–Kier alpha value is -1.52.